The number of para-hydroxylation sites is 1. The van der Waals surface area contributed by atoms with Crippen molar-refractivity contribution in [1.82, 2.24) is 10.2 Å². The summed E-state index contributed by atoms with van der Waals surface area (Å²) in [6.45, 7) is 2.71. The first-order valence-corrected chi connectivity index (χ1v) is 10.7. The van der Waals surface area contributed by atoms with Crippen LogP contribution in [0.25, 0.3) is 0 Å². The van der Waals surface area contributed by atoms with Gasteiger partial charge in [0.05, 0.1) is 19.8 Å². The quantitative estimate of drug-likeness (QED) is 0.610. The molecule has 0 saturated heterocycles. The maximum absolute atomic E-state index is 12.7. The van der Waals surface area contributed by atoms with Gasteiger partial charge < -0.3 is 19.5 Å². The normalized spacial score (nSPS) is 15.8. The number of carbonyl (C=O) groups is 1. The van der Waals surface area contributed by atoms with E-state index in [0.29, 0.717) is 30.2 Å². The Hall–Kier alpha value is -3.51. The highest BCUT2D eigenvalue weighted by molar-refractivity contribution is 5.97. The molecule has 0 aromatic heterocycles. The highest BCUT2D eigenvalue weighted by Crippen LogP contribution is 2.31. The van der Waals surface area contributed by atoms with Gasteiger partial charge in [0, 0.05) is 37.8 Å². The molecule has 3 aromatic carbocycles. The molecule has 1 N–H and O–H groups in total. The molecule has 0 fully saturated rings. The fraction of sp³-hybridized carbons (Fsp3) is 0.269. The van der Waals surface area contributed by atoms with Gasteiger partial charge in [-0.05, 0) is 23.8 Å². The molecule has 6 heteroatoms. The Kier molecular flexibility index (Phi) is 6.92. The van der Waals surface area contributed by atoms with Crippen molar-refractivity contribution in [3.8, 4) is 17.2 Å². The van der Waals surface area contributed by atoms with Crippen molar-refractivity contribution in [3.63, 3.8) is 0 Å². The molecule has 3 aromatic rings. The number of rotatable bonds is 7. The lowest BCUT2D eigenvalue weighted by Crippen LogP contribution is -2.36. The van der Waals surface area contributed by atoms with Crippen molar-refractivity contribution < 1.29 is 19.0 Å². The van der Waals surface area contributed by atoms with Gasteiger partial charge in [-0.2, -0.15) is 0 Å². The average molecular weight is 433 g/mol. The first-order chi connectivity index (χ1) is 15.7. The lowest BCUT2D eigenvalue weighted by Gasteiger charge is -2.24. The zero-order valence-corrected chi connectivity index (χ0v) is 18.4. The molecule has 166 valence electrons. The summed E-state index contributed by atoms with van der Waals surface area (Å²) in [5.41, 5.74) is 2.77. The Morgan fingerprint density at radius 2 is 1.81 bits per heavy atom. The van der Waals surface area contributed by atoms with Gasteiger partial charge >= 0.3 is 0 Å². The Labute approximate surface area is 188 Å². The summed E-state index contributed by atoms with van der Waals surface area (Å²) in [4.78, 5) is 15.1. The fourth-order valence-corrected chi connectivity index (χ4v) is 3.90. The first kappa shape index (κ1) is 21.7. The predicted molar refractivity (Wildman–Crippen MR) is 123 cm³/mol. The van der Waals surface area contributed by atoms with Gasteiger partial charge in [0.25, 0.3) is 5.91 Å². The van der Waals surface area contributed by atoms with E-state index in [1.807, 2.05) is 36.4 Å². The van der Waals surface area contributed by atoms with Crippen LogP contribution < -0.4 is 19.5 Å². The van der Waals surface area contributed by atoms with Crippen molar-refractivity contribution in [2.45, 2.75) is 12.6 Å². The zero-order valence-electron chi connectivity index (χ0n) is 18.4. The van der Waals surface area contributed by atoms with E-state index in [-0.39, 0.29) is 12.0 Å². The summed E-state index contributed by atoms with van der Waals surface area (Å²) in [6, 6.07) is 23.6. The molecular weight excluding hydrogens is 404 g/mol. The van der Waals surface area contributed by atoms with Crippen LogP contribution in [0.3, 0.4) is 0 Å². The van der Waals surface area contributed by atoms with Gasteiger partial charge in [-0.1, -0.05) is 48.5 Å². The molecule has 1 atom stereocenters. The van der Waals surface area contributed by atoms with Crippen LogP contribution in [0.4, 0.5) is 0 Å². The summed E-state index contributed by atoms with van der Waals surface area (Å²) in [7, 11) is 3.13. The highest BCUT2D eigenvalue weighted by atomic mass is 16.5. The number of methoxy groups -OCH3 is 2. The Bertz CT molecular complexity index is 1050. The number of benzene rings is 3. The number of amides is 1. The van der Waals surface area contributed by atoms with Crippen molar-refractivity contribution in [1.29, 1.82) is 0 Å². The minimum Gasteiger partial charge on any atom is -0.497 e. The van der Waals surface area contributed by atoms with Crippen molar-refractivity contribution >= 4 is 5.91 Å². The largest absolute Gasteiger partial charge is 0.497 e. The van der Waals surface area contributed by atoms with Crippen LogP contribution in [0.1, 0.15) is 27.6 Å². The third-order valence-corrected chi connectivity index (χ3v) is 5.60. The second-order valence-corrected chi connectivity index (χ2v) is 7.68. The molecule has 0 radical (unpaired) electrons. The van der Waals surface area contributed by atoms with Crippen LogP contribution in [-0.2, 0) is 6.54 Å². The van der Waals surface area contributed by atoms with Gasteiger partial charge in [-0.25, -0.2) is 0 Å². The van der Waals surface area contributed by atoms with Crippen molar-refractivity contribution in [2.24, 2.45) is 0 Å². The zero-order chi connectivity index (χ0) is 22.3. The van der Waals surface area contributed by atoms with E-state index in [0.717, 1.165) is 30.0 Å². The van der Waals surface area contributed by atoms with E-state index in [1.54, 1.807) is 32.4 Å². The molecule has 1 heterocycles. The minimum atomic E-state index is -0.171. The minimum absolute atomic E-state index is 0.0720. The average Bonchev–Trinajstić information content (AvgIpc) is 3.03. The molecule has 1 aliphatic heterocycles. The van der Waals surface area contributed by atoms with E-state index in [4.69, 9.17) is 14.2 Å². The van der Waals surface area contributed by atoms with Crippen molar-refractivity contribution in [3.05, 3.63) is 89.5 Å². The number of ether oxygens (including phenoxy) is 3. The van der Waals surface area contributed by atoms with Gasteiger partial charge in [0.1, 0.15) is 23.4 Å². The van der Waals surface area contributed by atoms with Crippen LogP contribution in [0.15, 0.2) is 72.8 Å². The standard InChI is InChI=1S/C26H28N2O4/c1-30-21-12-13-22(24(16-21)31-2)26(29)27-14-15-28-17-20-10-6-7-11-23(20)32-25(18-28)19-8-4-3-5-9-19/h3-13,16,25H,14-15,17-18H2,1-2H3,(H,27,29). The summed E-state index contributed by atoms with van der Waals surface area (Å²) in [6.07, 6.45) is -0.0720. The number of hydrogen-bond donors (Lipinski definition) is 1. The van der Waals surface area contributed by atoms with Crippen LogP contribution >= 0.6 is 0 Å². The van der Waals surface area contributed by atoms with E-state index < -0.39 is 0 Å². The van der Waals surface area contributed by atoms with Gasteiger partial charge in [0.15, 0.2) is 0 Å². The second kappa shape index (κ2) is 10.2. The SMILES string of the molecule is COc1ccc(C(=O)NCCN2Cc3ccccc3OC(c3ccccc3)C2)c(OC)c1. The summed E-state index contributed by atoms with van der Waals surface area (Å²) >= 11 is 0. The molecule has 0 aliphatic carbocycles. The number of carbonyl (C=O) groups excluding carboxylic acids is 1. The Morgan fingerprint density at radius 3 is 2.59 bits per heavy atom. The van der Waals surface area contributed by atoms with Gasteiger partial charge in [-0.15, -0.1) is 0 Å². The maximum atomic E-state index is 12.7. The van der Waals surface area contributed by atoms with Crippen molar-refractivity contribution in [2.75, 3.05) is 33.9 Å². The molecular formula is C26H28N2O4. The van der Waals surface area contributed by atoms with Crippen LogP contribution in [0.2, 0.25) is 0 Å². The van der Waals surface area contributed by atoms with Crippen LogP contribution in [-0.4, -0.2) is 44.7 Å². The first-order valence-electron chi connectivity index (χ1n) is 10.7. The van der Waals surface area contributed by atoms with Gasteiger partial charge in [0.2, 0.25) is 0 Å². The molecule has 1 amide bonds. The third kappa shape index (κ3) is 5.03. The number of nitrogens with one attached hydrogen (secondary N) is 1. The molecule has 0 bridgehead atoms. The number of nitrogens with zero attached hydrogens (tertiary/aromatic N) is 1. The molecule has 0 spiro atoms. The van der Waals surface area contributed by atoms with E-state index in [9.17, 15) is 4.79 Å². The second-order valence-electron chi connectivity index (χ2n) is 7.68. The van der Waals surface area contributed by atoms with E-state index in [2.05, 4.69) is 28.4 Å². The molecule has 6 nitrogen and oxygen atoms in total. The predicted octanol–water partition coefficient (Wildman–Crippen LogP) is 4.07. The topological polar surface area (TPSA) is 60.0 Å². The summed E-state index contributed by atoms with van der Waals surface area (Å²) < 4.78 is 16.9. The smallest absolute Gasteiger partial charge is 0.255 e. The third-order valence-electron chi connectivity index (χ3n) is 5.60. The van der Waals surface area contributed by atoms with E-state index in [1.165, 1.54) is 0 Å². The van der Waals surface area contributed by atoms with E-state index >= 15 is 0 Å². The Morgan fingerprint density at radius 1 is 1.03 bits per heavy atom. The lowest BCUT2D eigenvalue weighted by molar-refractivity contribution is 0.0940. The monoisotopic (exact) mass is 432 g/mol. The molecule has 32 heavy (non-hydrogen) atoms. The maximum Gasteiger partial charge on any atom is 0.255 e. The van der Waals surface area contributed by atoms with Gasteiger partial charge in [-0.3, -0.25) is 9.69 Å². The molecule has 0 saturated carbocycles. The highest BCUT2D eigenvalue weighted by Gasteiger charge is 2.24. The fourth-order valence-electron chi connectivity index (χ4n) is 3.90. The summed E-state index contributed by atoms with van der Waals surface area (Å²) in [5, 5.41) is 3.02. The van der Waals surface area contributed by atoms with Crippen LogP contribution in [0, 0.1) is 0 Å². The Balaban J connectivity index is 1.44. The summed E-state index contributed by atoms with van der Waals surface area (Å²) in [5.74, 6) is 1.88. The molecule has 1 unspecified atom stereocenters. The molecule has 1 aliphatic rings. The number of hydrogen-bond acceptors (Lipinski definition) is 5. The number of fused-ring (bicyclic) bond motifs is 1. The van der Waals surface area contributed by atoms with Crippen LogP contribution in [0.5, 0.6) is 17.2 Å². The lowest BCUT2D eigenvalue weighted by atomic mass is 10.1. The molecule has 4 rings (SSSR count).